The van der Waals surface area contributed by atoms with Crippen LogP contribution in [0.15, 0.2) is 54.6 Å². The highest BCUT2D eigenvalue weighted by molar-refractivity contribution is 5.92. The van der Waals surface area contributed by atoms with E-state index >= 15 is 0 Å². The van der Waals surface area contributed by atoms with Gasteiger partial charge in [0.1, 0.15) is 6.61 Å². The van der Waals surface area contributed by atoms with E-state index in [0.717, 1.165) is 10.5 Å². The Labute approximate surface area is 127 Å². The van der Waals surface area contributed by atoms with E-state index in [2.05, 4.69) is 0 Å². The second-order valence-corrected chi connectivity index (χ2v) is 4.59. The number of anilines is 2. The number of amides is 1. The van der Waals surface area contributed by atoms with E-state index in [4.69, 9.17) is 10.5 Å². The molecule has 6 nitrogen and oxygen atoms in total. The first-order valence-electron chi connectivity index (χ1n) is 6.60. The van der Waals surface area contributed by atoms with Gasteiger partial charge < -0.3 is 20.4 Å². The number of rotatable bonds is 5. The van der Waals surface area contributed by atoms with E-state index in [1.807, 2.05) is 18.2 Å². The molecule has 0 atom stereocenters. The SMILES string of the molecule is Nc1ccc(N(CC(=O)[O-])C(=O)OCc2ccccc2)cc1. The number of carboxylic acids is 1. The molecule has 0 saturated carbocycles. The molecule has 0 bridgehead atoms. The van der Waals surface area contributed by atoms with Crippen LogP contribution in [-0.4, -0.2) is 18.6 Å². The minimum absolute atomic E-state index is 0.0538. The number of aliphatic carboxylic acids is 1. The molecule has 114 valence electrons. The molecule has 0 radical (unpaired) electrons. The number of hydrogen-bond donors (Lipinski definition) is 1. The molecule has 0 aliphatic heterocycles. The van der Waals surface area contributed by atoms with E-state index in [0.29, 0.717) is 11.4 Å². The Balaban J connectivity index is 2.09. The molecule has 2 N–H and O–H groups in total. The van der Waals surface area contributed by atoms with Gasteiger partial charge in [-0.15, -0.1) is 0 Å². The van der Waals surface area contributed by atoms with Gasteiger partial charge in [-0.1, -0.05) is 30.3 Å². The highest BCUT2D eigenvalue weighted by Gasteiger charge is 2.17. The fourth-order valence-electron chi connectivity index (χ4n) is 1.84. The van der Waals surface area contributed by atoms with Crippen molar-refractivity contribution < 1.29 is 19.4 Å². The number of nitrogens with zero attached hydrogens (tertiary/aromatic N) is 1. The molecule has 22 heavy (non-hydrogen) atoms. The van der Waals surface area contributed by atoms with Crippen LogP contribution in [-0.2, 0) is 16.1 Å². The number of carbonyl (C=O) groups is 2. The minimum Gasteiger partial charge on any atom is -0.548 e. The Bertz CT molecular complexity index is 641. The van der Waals surface area contributed by atoms with Crippen molar-refractivity contribution in [1.29, 1.82) is 0 Å². The summed E-state index contributed by atoms with van der Waals surface area (Å²) in [7, 11) is 0. The molecule has 6 heteroatoms. The number of benzene rings is 2. The van der Waals surface area contributed by atoms with Crippen molar-refractivity contribution in [1.82, 2.24) is 0 Å². The molecule has 1 amide bonds. The second kappa shape index (κ2) is 7.12. The van der Waals surface area contributed by atoms with Crippen molar-refractivity contribution in [2.24, 2.45) is 0 Å². The summed E-state index contributed by atoms with van der Waals surface area (Å²) in [5.74, 6) is -1.38. The van der Waals surface area contributed by atoms with Gasteiger partial charge >= 0.3 is 6.09 Å². The molecule has 0 heterocycles. The highest BCUT2D eigenvalue weighted by Crippen LogP contribution is 2.17. The topological polar surface area (TPSA) is 95.7 Å². The Hall–Kier alpha value is -3.02. The van der Waals surface area contributed by atoms with Crippen LogP contribution >= 0.6 is 0 Å². The molecule has 0 spiro atoms. The second-order valence-electron chi connectivity index (χ2n) is 4.59. The third kappa shape index (κ3) is 4.24. The summed E-state index contributed by atoms with van der Waals surface area (Å²) in [6.45, 7) is -0.546. The first-order chi connectivity index (χ1) is 10.6. The van der Waals surface area contributed by atoms with Gasteiger partial charge in [-0.05, 0) is 29.8 Å². The predicted molar refractivity (Wildman–Crippen MR) is 79.8 cm³/mol. The van der Waals surface area contributed by atoms with Gasteiger partial charge in [-0.3, -0.25) is 4.90 Å². The van der Waals surface area contributed by atoms with Gasteiger partial charge in [0.15, 0.2) is 0 Å². The predicted octanol–water partition coefficient (Wildman–Crippen LogP) is 1.16. The minimum atomic E-state index is -1.38. The smallest absolute Gasteiger partial charge is 0.414 e. The van der Waals surface area contributed by atoms with Crippen molar-refractivity contribution in [2.45, 2.75) is 6.61 Å². The van der Waals surface area contributed by atoms with Crippen molar-refractivity contribution in [3.8, 4) is 0 Å². The Morgan fingerprint density at radius 3 is 2.27 bits per heavy atom. The van der Waals surface area contributed by atoms with Crippen LogP contribution < -0.4 is 15.7 Å². The molecule has 0 aliphatic carbocycles. The summed E-state index contributed by atoms with van der Waals surface area (Å²) in [5, 5.41) is 10.8. The average Bonchev–Trinajstić information content (AvgIpc) is 2.52. The lowest BCUT2D eigenvalue weighted by Gasteiger charge is -2.22. The van der Waals surface area contributed by atoms with Crippen LogP contribution in [0.4, 0.5) is 16.2 Å². The van der Waals surface area contributed by atoms with Gasteiger partial charge in [0.2, 0.25) is 0 Å². The van der Waals surface area contributed by atoms with Crippen LogP contribution in [0.5, 0.6) is 0 Å². The first-order valence-corrected chi connectivity index (χ1v) is 6.60. The van der Waals surface area contributed by atoms with Crippen molar-refractivity contribution >= 4 is 23.4 Å². The highest BCUT2D eigenvalue weighted by atomic mass is 16.6. The number of ether oxygens (including phenoxy) is 1. The summed E-state index contributed by atoms with van der Waals surface area (Å²) in [6, 6.07) is 15.3. The zero-order valence-electron chi connectivity index (χ0n) is 11.8. The summed E-state index contributed by atoms with van der Waals surface area (Å²) < 4.78 is 5.14. The van der Waals surface area contributed by atoms with Crippen LogP contribution in [0.25, 0.3) is 0 Å². The summed E-state index contributed by atoms with van der Waals surface area (Å²) >= 11 is 0. The lowest BCUT2D eigenvalue weighted by atomic mass is 10.2. The largest absolute Gasteiger partial charge is 0.548 e. The van der Waals surface area contributed by atoms with E-state index in [9.17, 15) is 14.7 Å². The van der Waals surface area contributed by atoms with E-state index in [1.165, 1.54) is 0 Å². The maximum Gasteiger partial charge on any atom is 0.414 e. The number of carboxylic acid groups (broad SMARTS) is 1. The third-order valence-electron chi connectivity index (χ3n) is 2.92. The zero-order chi connectivity index (χ0) is 15.9. The van der Waals surface area contributed by atoms with E-state index < -0.39 is 18.6 Å². The molecular weight excluding hydrogens is 284 g/mol. The average molecular weight is 299 g/mol. The van der Waals surface area contributed by atoms with Crippen LogP contribution in [0.2, 0.25) is 0 Å². The van der Waals surface area contributed by atoms with Gasteiger partial charge in [-0.25, -0.2) is 4.79 Å². The first kappa shape index (κ1) is 15.4. The standard InChI is InChI=1S/C16H16N2O4/c17-13-6-8-14(9-7-13)18(10-15(19)20)16(21)22-11-12-4-2-1-3-5-12/h1-9H,10-11,17H2,(H,19,20)/p-1. The Morgan fingerprint density at radius 2 is 1.68 bits per heavy atom. The monoisotopic (exact) mass is 299 g/mol. The molecule has 2 aromatic carbocycles. The molecule has 0 aliphatic rings. The number of carbonyl (C=O) groups excluding carboxylic acids is 2. The normalized spacial score (nSPS) is 10.0. The molecule has 0 unspecified atom stereocenters. The van der Waals surface area contributed by atoms with Crippen LogP contribution in [0.1, 0.15) is 5.56 Å². The quantitative estimate of drug-likeness (QED) is 0.836. The fraction of sp³-hybridized carbons (Fsp3) is 0.125. The molecular formula is C16H15N2O4-. The lowest BCUT2D eigenvalue weighted by Crippen LogP contribution is -2.42. The van der Waals surface area contributed by atoms with E-state index in [-0.39, 0.29) is 6.61 Å². The van der Waals surface area contributed by atoms with Gasteiger partial charge in [-0.2, -0.15) is 0 Å². The lowest BCUT2D eigenvalue weighted by molar-refractivity contribution is -0.303. The summed E-state index contributed by atoms with van der Waals surface area (Å²) in [6.07, 6.45) is -0.766. The molecule has 0 fully saturated rings. The van der Waals surface area contributed by atoms with Crippen molar-refractivity contribution in [2.75, 3.05) is 17.2 Å². The van der Waals surface area contributed by atoms with Crippen molar-refractivity contribution in [3.05, 3.63) is 60.2 Å². The molecule has 2 aromatic rings. The molecule has 0 saturated heterocycles. The molecule has 0 aromatic heterocycles. The maximum atomic E-state index is 12.1. The summed E-state index contributed by atoms with van der Waals surface area (Å²) in [4.78, 5) is 23.9. The van der Waals surface area contributed by atoms with Gasteiger partial charge in [0.05, 0.1) is 12.5 Å². The van der Waals surface area contributed by atoms with Crippen LogP contribution in [0, 0.1) is 0 Å². The summed E-state index contributed by atoms with van der Waals surface area (Å²) in [5.41, 5.74) is 7.26. The Kier molecular flexibility index (Phi) is 4.98. The van der Waals surface area contributed by atoms with Crippen LogP contribution in [0.3, 0.4) is 0 Å². The zero-order valence-corrected chi connectivity index (χ0v) is 11.8. The number of hydrogen-bond acceptors (Lipinski definition) is 5. The molecule has 2 rings (SSSR count). The van der Waals surface area contributed by atoms with Crippen molar-refractivity contribution in [3.63, 3.8) is 0 Å². The van der Waals surface area contributed by atoms with Gasteiger partial charge in [0, 0.05) is 11.4 Å². The number of nitrogen functional groups attached to an aromatic ring is 1. The Morgan fingerprint density at radius 1 is 1.05 bits per heavy atom. The number of nitrogens with two attached hydrogens (primary N) is 1. The fourth-order valence-corrected chi connectivity index (χ4v) is 1.84. The van der Waals surface area contributed by atoms with Gasteiger partial charge in [0.25, 0.3) is 0 Å². The maximum absolute atomic E-state index is 12.1. The third-order valence-corrected chi connectivity index (χ3v) is 2.92. The van der Waals surface area contributed by atoms with E-state index in [1.54, 1.807) is 36.4 Å².